The van der Waals surface area contributed by atoms with Gasteiger partial charge in [0, 0.05) is 9.37 Å². The molecular weight excluding hydrogens is 340 g/mol. The van der Waals surface area contributed by atoms with Gasteiger partial charge >= 0.3 is 5.97 Å². The number of ether oxygens (including phenoxy) is 1. The van der Waals surface area contributed by atoms with Gasteiger partial charge in [-0.3, -0.25) is 4.79 Å². The fourth-order valence-corrected chi connectivity index (χ4v) is 2.88. The highest BCUT2D eigenvalue weighted by Gasteiger charge is 2.08. The van der Waals surface area contributed by atoms with Crippen molar-refractivity contribution in [1.82, 2.24) is 0 Å². The number of carbonyl (C=O) groups is 1. The fraction of sp³-hybridized carbons (Fsp3) is 0.133. The molecule has 0 amide bonds. The maximum Gasteiger partial charge on any atom is 0.307 e. The molecule has 2 rings (SSSR count). The number of hydrogen-bond donors (Lipinski definition) is 1. The van der Waals surface area contributed by atoms with Crippen LogP contribution in [0, 0.1) is 0 Å². The number of methoxy groups -OCH3 is 1. The standard InChI is InChI=1S/C15H13BrO3S/c1-19-13-8-10(9-15(17)18)2-7-14(13)20-12-5-3-11(16)4-6-12/h2-8H,9H2,1H3,(H,17,18). The van der Waals surface area contributed by atoms with E-state index in [-0.39, 0.29) is 6.42 Å². The van der Waals surface area contributed by atoms with Crippen molar-refractivity contribution >= 4 is 33.7 Å². The molecular formula is C15H13BrO3S. The van der Waals surface area contributed by atoms with E-state index in [2.05, 4.69) is 15.9 Å². The van der Waals surface area contributed by atoms with E-state index < -0.39 is 5.97 Å². The molecule has 0 aliphatic carbocycles. The molecule has 0 aliphatic rings. The van der Waals surface area contributed by atoms with E-state index in [1.165, 1.54) is 0 Å². The van der Waals surface area contributed by atoms with Gasteiger partial charge in [0.15, 0.2) is 0 Å². The van der Waals surface area contributed by atoms with E-state index in [0.29, 0.717) is 5.75 Å². The van der Waals surface area contributed by atoms with Crippen LogP contribution in [-0.4, -0.2) is 18.2 Å². The van der Waals surface area contributed by atoms with E-state index in [1.807, 2.05) is 36.4 Å². The van der Waals surface area contributed by atoms with Crippen LogP contribution in [0.2, 0.25) is 0 Å². The largest absolute Gasteiger partial charge is 0.496 e. The summed E-state index contributed by atoms with van der Waals surface area (Å²) in [5.41, 5.74) is 0.731. The monoisotopic (exact) mass is 352 g/mol. The maximum atomic E-state index is 10.7. The second-order valence-corrected chi connectivity index (χ2v) is 6.14. The molecule has 1 N–H and O–H groups in total. The van der Waals surface area contributed by atoms with Crippen molar-refractivity contribution in [2.75, 3.05) is 7.11 Å². The van der Waals surface area contributed by atoms with Crippen LogP contribution in [0.15, 0.2) is 56.7 Å². The Hall–Kier alpha value is -1.46. The summed E-state index contributed by atoms with van der Waals surface area (Å²) in [5, 5.41) is 8.81. The molecule has 0 aromatic heterocycles. The average molecular weight is 353 g/mol. The van der Waals surface area contributed by atoms with Gasteiger partial charge in [-0.1, -0.05) is 33.8 Å². The first-order chi connectivity index (χ1) is 9.58. The molecule has 104 valence electrons. The van der Waals surface area contributed by atoms with Crippen molar-refractivity contribution < 1.29 is 14.6 Å². The summed E-state index contributed by atoms with van der Waals surface area (Å²) in [4.78, 5) is 12.8. The Morgan fingerprint density at radius 3 is 2.55 bits per heavy atom. The third-order valence-electron chi connectivity index (χ3n) is 2.62. The van der Waals surface area contributed by atoms with Crippen LogP contribution in [0.25, 0.3) is 0 Å². The zero-order valence-electron chi connectivity index (χ0n) is 10.8. The Balaban J connectivity index is 2.23. The van der Waals surface area contributed by atoms with Crippen LogP contribution in [-0.2, 0) is 11.2 Å². The van der Waals surface area contributed by atoms with E-state index in [1.54, 1.807) is 24.9 Å². The molecule has 0 unspecified atom stereocenters. The van der Waals surface area contributed by atoms with Crippen molar-refractivity contribution in [1.29, 1.82) is 0 Å². The van der Waals surface area contributed by atoms with Gasteiger partial charge in [0.05, 0.1) is 18.4 Å². The number of aliphatic carboxylic acids is 1. The van der Waals surface area contributed by atoms with Gasteiger partial charge in [0.1, 0.15) is 5.75 Å². The summed E-state index contributed by atoms with van der Waals surface area (Å²) >= 11 is 4.98. The normalized spacial score (nSPS) is 10.3. The SMILES string of the molecule is COc1cc(CC(=O)O)ccc1Sc1ccc(Br)cc1. The van der Waals surface area contributed by atoms with Gasteiger partial charge in [-0.15, -0.1) is 0 Å². The predicted octanol–water partition coefficient (Wildman–Crippen LogP) is 4.24. The third-order valence-corrected chi connectivity index (χ3v) is 4.22. The molecule has 0 aliphatic heterocycles. The molecule has 0 spiro atoms. The van der Waals surface area contributed by atoms with Gasteiger partial charge in [-0.25, -0.2) is 0 Å². The lowest BCUT2D eigenvalue weighted by Crippen LogP contribution is -2.00. The molecule has 0 bridgehead atoms. The van der Waals surface area contributed by atoms with Crippen molar-refractivity contribution in [3.8, 4) is 5.75 Å². The average Bonchev–Trinajstić information content (AvgIpc) is 2.42. The van der Waals surface area contributed by atoms with Crippen LogP contribution in [0.4, 0.5) is 0 Å². The molecule has 2 aromatic rings. The number of rotatable bonds is 5. The van der Waals surface area contributed by atoms with Crippen molar-refractivity contribution in [3.05, 3.63) is 52.5 Å². The summed E-state index contributed by atoms with van der Waals surface area (Å²) in [6.07, 6.45) is -0.000406. The molecule has 5 heteroatoms. The zero-order valence-corrected chi connectivity index (χ0v) is 13.2. The quantitative estimate of drug-likeness (QED) is 0.874. The minimum Gasteiger partial charge on any atom is -0.496 e. The van der Waals surface area contributed by atoms with E-state index in [9.17, 15) is 4.79 Å². The first-order valence-corrected chi connectivity index (χ1v) is 7.51. The van der Waals surface area contributed by atoms with Gasteiger partial charge in [0.25, 0.3) is 0 Å². The van der Waals surface area contributed by atoms with Crippen LogP contribution >= 0.6 is 27.7 Å². The predicted molar refractivity (Wildman–Crippen MR) is 82.6 cm³/mol. The van der Waals surface area contributed by atoms with Crippen LogP contribution < -0.4 is 4.74 Å². The van der Waals surface area contributed by atoms with Crippen molar-refractivity contribution in [2.45, 2.75) is 16.2 Å². The summed E-state index contributed by atoms with van der Waals surface area (Å²) < 4.78 is 6.37. The second-order valence-electron chi connectivity index (χ2n) is 4.11. The molecule has 0 saturated heterocycles. The lowest BCUT2D eigenvalue weighted by atomic mass is 10.1. The number of halogens is 1. The minimum atomic E-state index is -0.847. The first kappa shape index (κ1) is 14.9. The molecule has 0 radical (unpaired) electrons. The van der Waals surface area contributed by atoms with Crippen LogP contribution in [0.3, 0.4) is 0 Å². The summed E-state index contributed by atoms with van der Waals surface area (Å²) in [5.74, 6) is -0.156. The highest BCUT2D eigenvalue weighted by atomic mass is 79.9. The number of benzene rings is 2. The zero-order chi connectivity index (χ0) is 14.5. The fourth-order valence-electron chi connectivity index (χ4n) is 1.71. The van der Waals surface area contributed by atoms with Crippen LogP contribution in [0.5, 0.6) is 5.75 Å². The molecule has 0 heterocycles. The lowest BCUT2D eigenvalue weighted by molar-refractivity contribution is -0.136. The highest BCUT2D eigenvalue weighted by molar-refractivity contribution is 9.10. The molecule has 20 heavy (non-hydrogen) atoms. The Kier molecular flexibility index (Phi) is 5.09. The van der Waals surface area contributed by atoms with E-state index >= 15 is 0 Å². The molecule has 0 saturated carbocycles. The number of carboxylic acids is 1. The third kappa shape index (κ3) is 4.02. The van der Waals surface area contributed by atoms with Crippen molar-refractivity contribution in [3.63, 3.8) is 0 Å². The van der Waals surface area contributed by atoms with Crippen molar-refractivity contribution in [2.24, 2.45) is 0 Å². The first-order valence-electron chi connectivity index (χ1n) is 5.90. The smallest absolute Gasteiger partial charge is 0.307 e. The Labute approximate surface area is 130 Å². The van der Waals surface area contributed by atoms with Gasteiger partial charge in [0.2, 0.25) is 0 Å². The van der Waals surface area contributed by atoms with Gasteiger partial charge in [-0.05, 0) is 42.0 Å². The highest BCUT2D eigenvalue weighted by Crippen LogP contribution is 2.36. The number of carboxylic acid groups (broad SMARTS) is 1. The summed E-state index contributed by atoms with van der Waals surface area (Å²) in [7, 11) is 1.59. The van der Waals surface area contributed by atoms with Gasteiger partial charge < -0.3 is 9.84 Å². The van der Waals surface area contributed by atoms with Gasteiger partial charge in [-0.2, -0.15) is 0 Å². The second kappa shape index (κ2) is 6.81. The van der Waals surface area contributed by atoms with E-state index in [0.717, 1.165) is 19.8 Å². The Bertz CT molecular complexity index is 611. The topological polar surface area (TPSA) is 46.5 Å². The molecule has 3 nitrogen and oxygen atoms in total. The maximum absolute atomic E-state index is 10.7. The lowest BCUT2D eigenvalue weighted by Gasteiger charge is -2.10. The Morgan fingerprint density at radius 2 is 1.95 bits per heavy atom. The van der Waals surface area contributed by atoms with Crippen LogP contribution in [0.1, 0.15) is 5.56 Å². The Morgan fingerprint density at radius 1 is 1.25 bits per heavy atom. The molecule has 0 fully saturated rings. The summed E-state index contributed by atoms with van der Waals surface area (Å²) in [6, 6.07) is 13.5. The van der Waals surface area contributed by atoms with E-state index in [4.69, 9.17) is 9.84 Å². The molecule has 2 aromatic carbocycles. The molecule has 0 atom stereocenters. The minimum absolute atomic E-state index is 0.000406. The summed E-state index contributed by atoms with van der Waals surface area (Å²) in [6.45, 7) is 0. The number of hydrogen-bond acceptors (Lipinski definition) is 3.